The molecule has 24 heavy (non-hydrogen) atoms. The van der Waals surface area contributed by atoms with Crippen molar-refractivity contribution in [3.63, 3.8) is 0 Å². The Bertz CT molecular complexity index is 634. The van der Waals surface area contributed by atoms with Crippen molar-refractivity contribution in [3.05, 3.63) is 41.8 Å². The van der Waals surface area contributed by atoms with E-state index in [1.165, 1.54) is 12.1 Å². The summed E-state index contributed by atoms with van der Waals surface area (Å²) in [5.41, 5.74) is 1.34. The zero-order valence-corrected chi connectivity index (χ0v) is 14.1. The Labute approximate surface area is 141 Å². The summed E-state index contributed by atoms with van der Waals surface area (Å²) in [6.45, 7) is 5.80. The van der Waals surface area contributed by atoms with Crippen molar-refractivity contribution in [1.29, 1.82) is 0 Å². The molecule has 6 heteroatoms. The fourth-order valence-corrected chi connectivity index (χ4v) is 2.37. The standard InChI is InChI=1S/C18H23FN2O3/c1-3-9-21(10-4-2)18(22)13-23-12-16-11-17(24-20-16)14-5-7-15(19)8-6-14/h5-8,11H,3-4,9-10,12-13H2,1-2H3. The molecule has 0 aliphatic heterocycles. The van der Waals surface area contributed by atoms with Crippen molar-refractivity contribution in [2.75, 3.05) is 19.7 Å². The Balaban J connectivity index is 1.84. The van der Waals surface area contributed by atoms with Gasteiger partial charge in [-0.25, -0.2) is 4.39 Å². The Hall–Kier alpha value is -2.21. The van der Waals surface area contributed by atoms with Gasteiger partial charge >= 0.3 is 0 Å². The third-order valence-corrected chi connectivity index (χ3v) is 3.50. The molecule has 0 atom stereocenters. The van der Waals surface area contributed by atoms with E-state index in [0.717, 1.165) is 31.5 Å². The van der Waals surface area contributed by atoms with Crippen molar-refractivity contribution < 1.29 is 18.4 Å². The van der Waals surface area contributed by atoms with Gasteiger partial charge in [0, 0.05) is 24.7 Å². The van der Waals surface area contributed by atoms with E-state index in [1.54, 1.807) is 18.2 Å². The van der Waals surface area contributed by atoms with Crippen LogP contribution >= 0.6 is 0 Å². The van der Waals surface area contributed by atoms with Gasteiger partial charge in [0.2, 0.25) is 5.91 Å². The molecule has 2 aromatic rings. The third-order valence-electron chi connectivity index (χ3n) is 3.50. The first kappa shape index (κ1) is 18.1. The van der Waals surface area contributed by atoms with Crippen molar-refractivity contribution in [2.45, 2.75) is 33.3 Å². The molecule has 0 N–H and O–H groups in total. The molecular weight excluding hydrogens is 311 g/mol. The predicted molar refractivity (Wildman–Crippen MR) is 88.7 cm³/mol. The van der Waals surface area contributed by atoms with Gasteiger partial charge in [-0.05, 0) is 37.1 Å². The Morgan fingerprint density at radius 3 is 2.50 bits per heavy atom. The minimum Gasteiger partial charge on any atom is -0.365 e. The van der Waals surface area contributed by atoms with Gasteiger partial charge in [0.1, 0.15) is 18.1 Å². The zero-order chi connectivity index (χ0) is 17.4. The van der Waals surface area contributed by atoms with Crippen LogP contribution in [0.1, 0.15) is 32.4 Å². The summed E-state index contributed by atoms with van der Waals surface area (Å²) in [4.78, 5) is 13.9. The summed E-state index contributed by atoms with van der Waals surface area (Å²) < 4.78 is 23.6. The van der Waals surface area contributed by atoms with Crippen LogP contribution in [0.5, 0.6) is 0 Å². The van der Waals surface area contributed by atoms with Gasteiger partial charge in [0.15, 0.2) is 5.76 Å². The summed E-state index contributed by atoms with van der Waals surface area (Å²) in [5.74, 6) is 0.225. The number of amides is 1. The van der Waals surface area contributed by atoms with Crippen molar-refractivity contribution >= 4 is 5.91 Å². The summed E-state index contributed by atoms with van der Waals surface area (Å²) in [6.07, 6.45) is 1.85. The van der Waals surface area contributed by atoms with Crippen molar-refractivity contribution in [1.82, 2.24) is 10.1 Å². The van der Waals surface area contributed by atoms with Gasteiger partial charge in [-0.1, -0.05) is 19.0 Å². The maximum absolute atomic E-state index is 12.9. The second-order valence-electron chi connectivity index (χ2n) is 5.56. The fourth-order valence-electron chi connectivity index (χ4n) is 2.37. The molecule has 1 heterocycles. The Morgan fingerprint density at radius 1 is 1.21 bits per heavy atom. The van der Waals surface area contributed by atoms with E-state index in [4.69, 9.17) is 9.26 Å². The monoisotopic (exact) mass is 334 g/mol. The topological polar surface area (TPSA) is 55.6 Å². The van der Waals surface area contributed by atoms with E-state index in [0.29, 0.717) is 11.5 Å². The largest absolute Gasteiger partial charge is 0.365 e. The number of hydrogen-bond donors (Lipinski definition) is 0. The molecule has 0 bridgehead atoms. The predicted octanol–water partition coefficient (Wildman–Crippen LogP) is 3.65. The van der Waals surface area contributed by atoms with Crippen LogP contribution in [-0.4, -0.2) is 35.7 Å². The lowest BCUT2D eigenvalue weighted by molar-refractivity contribution is -0.136. The number of hydrogen-bond acceptors (Lipinski definition) is 4. The molecule has 1 amide bonds. The molecular formula is C18H23FN2O3. The number of rotatable bonds is 9. The molecule has 0 saturated carbocycles. The highest BCUT2D eigenvalue weighted by atomic mass is 19.1. The number of ether oxygens (including phenoxy) is 1. The molecule has 0 spiro atoms. The lowest BCUT2D eigenvalue weighted by Gasteiger charge is -2.21. The maximum Gasteiger partial charge on any atom is 0.248 e. The average molecular weight is 334 g/mol. The number of carbonyl (C=O) groups excluding carboxylic acids is 1. The first-order chi connectivity index (χ1) is 11.6. The van der Waals surface area contributed by atoms with Crippen LogP contribution in [-0.2, 0) is 16.1 Å². The van der Waals surface area contributed by atoms with Crippen LogP contribution in [0.3, 0.4) is 0 Å². The van der Waals surface area contributed by atoms with E-state index in [-0.39, 0.29) is 24.9 Å². The smallest absolute Gasteiger partial charge is 0.248 e. The molecule has 0 fully saturated rings. The fraction of sp³-hybridized carbons (Fsp3) is 0.444. The molecule has 0 radical (unpaired) electrons. The first-order valence-corrected chi connectivity index (χ1v) is 8.21. The molecule has 2 rings (SSSR count). The van der Waals surface area contributed by atoms with E-state index in [1.807, 2.05) is 18.7 Å². The van der Waals surface area contributed by atoms with Crippen LogP contribution in [0, 0.1) is 5.82 Å². The third kappa shape index (κ3) is 5.16. The van der Waals surface area contributed by atoms with Gasteiger partial charge in [-0.2, -0.15) is 0 Å². The summed E-state index contributed by atoms with van der Waals surface area (Å²) >= 11 is 0. The maximum atomic E-state index is 12.9. The summed E-state index contributed by atoms with van der Waals surface area (Å²) in [6, 6.07) is 7.70. The Morgan fingerprint density at radius 2 is 1.88 bits per heavy atom. The second kappa shape index (κ2) is 9.17. The van der Waals surface area contributed by atoms with Gasteiger partial charge in [0.05, 0.1) is 6.61 Å². The van der Waals surface area contributed by atoms with Gasteiger partial charge in [0.25, 0.3) is 0 Å². The number of aromatic nitrogens is 1. The van der Waals surface area contributed by atoms with Crippen LogP contribution in [0.25, 0.3) is 11.3 Å². The first-order valence-electron chi connectivity index (χ1n) is 8.21. The molecule has 0 unspecified atom stereocenters. The normalized spacial score (nSPS) is 10.8. The van der Waals surface area contributed by atoms with E-state index in [9.17, 15) is 9.18 Å². The molecule has 0 aliphatic carbocycles. The SMILES string of the molecule is CCCN(CCC)C(=O)COCc1cc(-c2ccc(F)cc2)on1. The highest BCUT2D eigenvalue weighted by Crippen LogP contribution is 2.20. The van der Waals surface area contributed by atoms with Crippen LogP contribution in [0.15, 0.2) is 34.9 Å². The highest BCUT2D eigenvalue weighted by Gasteiger charge is 2.13. The van der Waals surface area contributed by atoms with Gasteiger partial charge in [-0.15, -0.1) is 0 Å². The minimum absolute atomic E-state index is 0.0130. The van der Waals surface area contributed by atoms with E-state index >= 15 is 0 Å². The molecule has 1 aromatic heterocycles. The molecule has 1 aromatic carbocycles. The zero-order valence-electron chi connectivity index (χ0n) is 14.1. The molecule has 130 valence electrons. The van der Waals surface area contributed by atoms with Crippen molar-refractivity contribution in [2.24, 2.45) is 0 Å². The molecule has 5 nitrogen and oxygen atoms in total. The Kier molecular flexibility index (Phi) is 6.93. The highest BCUT2D eigenvalue weighted by molar-refractivity contribution is 5.77. The average Bonchev–Trinajstić information content (AvgIpc) is 3.04. The minimum atomic E-state index is -0.302. The van der Waals surface area contributed by atoms with E-state index in [2.05, 4.69) is 5.16 Å². The van der Waals surface area contributed by atoms with Gasteiger partial charge < -0.3 is 14.2 Å². The molecule has 0 saturated heterocycles. The lowest BCUT2D eigenvalue weighted by atomic mass is 10.1. The summed E-state index contributed by atoms with van der Waals surface area (Å²) in [5, 5.41) is 3.91. The van der Waals surface area contributed by atoms with Crippen LogP contribution in [0.4, 0.5) is 4.39 Å². The second-order valence-corrected chi connectivity index (χ2v) is 5.56. The molecule has 0 aliphatic rings. The van der Waals surface area contributed by atoms with Crippen LogP contribution in [0.2, 0.25) is 0 Å². The van der Waals surface area contributed by atoms with E-state index < -0.39 is 0 Å². The number of benzene rings is 1. The van der Waals surface area contributed by atoms with Crippen LogP contribution < -0.4 is 0 Å². The summed E-state index contributed by atoms with van der Waals surface area (Å²) in [7, 11) is 0. The quantitative estimate of drug-likeness (QED) is 0.702. The van der Waals surface area contributed by atoms with Crippen molar-refractivity contribution in [3.8, 4) is 11.3 Å². The lowest BCUT2D eigenvalue weighted by Crippen LogP contribution is -2.35. The number of nitrogens with zero attached hydrogens (tertiary/aromatic N) is 2. The number of halogens is 1. The number of carbonyl (C=O) groups is 1. The van der Waals surface area contributed by atoms with Gasteiger partial charge in [-0.3, -0.25) is 4.79 Å².